The van der Waals surface area contributed by atoms with Gasteiger partial charge in [0.15, 0.2) is 0 Å². The van der Waals surface area contributed by atoms with Gasteiger partial charge in [-0.15, -0.1) is 0 Å². The first-order chi connectivity index (χ1) is 13.2. The molecule has 2 fully saturated rings. The van der Waals surface area contributed by atoms with Gasteiger partial charge in [-0.05, 0) is 37.9 Å². The first kappa shape index (κ1) is 18.2. The molecule has 1 unspecified atom stereocenters. The van der Waals surface area contributed by atoms with Crippen molar-refractivity contribution >= 4 is 5.91 Å². The van der Waals surface area contributed by atoms with E-state index in [1.807, 2.05) is 21.8 Å². The Hall–Kier alpha value is -2.18. The predicted molar refractivity (Wildman–Crippen MR) is 106 cm³/mol. The van der Waals surface area contributed by atoms with Crippen LogP contribution in [0.3, 0.4) is 0 Å². The summed E-state index contributed by atoms with van der Waals surface area (Å²) in [6.45, 7) is 8.45. The van der Waals surface area contributed by atoms with E-state index in [4.69, 9.17) is 0 Å². The molecule has 1 aromatic heterocycles. The Morgan fingerprint density at radius 1 is 1.22 bits per heavy atom. The number of piperazine rings is 1. The van der Waals surface area contributed by atoms with Gasteiger partial charge in [0.25, 0.3) is 5.91 Å². The maximum Gasteiger partial charge on any atom is 0.274 e. The van der Waals surface area contributed by atoms with Crippen LogP contribution in [0.5, 0.6) is 0 Å². The van der Waals surface area contributed by atoms with Crippen LogP contribution in [0.4, 0.5) is 0 Å². The number of rotatable bonds is 4. The molecule has 1 amide bonds. The van der Waals surface area contributed by atoms with Gasteiger partial charge in [0.05, 0.1) is 6.04 Å². The first-order valence-electron chi connectivity index (χ1n) is 10.0. The maximum absolute atomic E-state index is 12.8. The number of benzene rings is 1. The van der Waals surface area contributed by atoms with Crippen LogP contribution < -0.4 is 5.32 Å². The third-order valence-corrected chi connectivity index (χ3v) is 5.62. The highest BCUT2D eigenvalue weighted by atomic mass is 16.2. The fraction of sp³-hybridized carbons (Fsp3) is 0.524. The molecule has 0 spiro atoms. The van der Waals surface area contributed by atoms with E-state index >= 15 is 0 Å². The van der Waals surface area contributed by atoms with E-state index < -0.39 is 0 Å². The summed E-state index contributed by atoms with van der Waals surface area (Å²) in [5, 5.41) is 7.98. The lowest BCUT2D eigenvalue weighted by Crippen LogP contribution is -2.48. The van der Waals surface area contributed by atoms with Crippen molar-refractivity contribution < 1.29 is 4.79 Å². The molecule has 144 valence electrons. The lowest BCUT2D eigenvalue weighted by Gasteiger charge is -2.34. The lowest BCUT2D eigenvalue weighted by molar-refractivity contribution is 0.0621. The van der Waals surface area contributed by atoms with Crippen molar-refractivity contribution in [2.24, 2.45) is 0 Å². The van der Waals surface area contributed by atoms with Crippen molar-refractivity contribution in [3.8, 4) is 0 Å². The fourth-order valence-electron chi connectivity index (χ4n) is 4.05. The smallest absolute Gasteiger partial charge is 0.274 e. The standard InChI is InChI=1S/C21H29N5O/c1-17-4-2-5-18(14-17)16-24-10-12-25(13-11-24)21(27)20-7-9-26(23-20)19-6-3-8-22-15-19/h2,4-5,7,9,14,19,22H,3,6,8,10-13,15-16H2,1H3. The van der Waals surface area contributed by atoms with Crippen molar-refractivity contribution in [2.75, 3.05) is 39.3 Å². The average Bonchev–Trinajstić information content (AvgIpc) is 3.19. The van der Waals surface area contributed by atoms with E-state index in [1.165, 1.54) is 11.1 Å². The summed E-state index contributed by atoms with van der Waals surface area (Å²) >= 11 is 0. The lowest BCUT2D eigenvalue weighted by atomic mass is 10.1. The summed E-state index contributed by atoms with van der Waals surface area (Å²) in [5.41, 5.74) is 3.22. The Balaban J connectivity index is 1.31. The molecule has 4 rings (SSSR count). The molecule has 27 heavy (non-hydrogen) atoms. The van der Waals surface area contributed by atoms with Gasteiger partial charge in [-0.2, -0.15) is 5.10 Å². The SMILES string of the molecule is Cc1cccc(CN2CCN(C(=O)c3ccn(C4CCCNC4)n3)CC2)c1. The number of piperidine rings is 1. The van der Waals surface area contributed by atoms with Crippen molar-refractivity contribution in [1.82, 2.24) is 24.9 Å². The molecule has 1 N–H and O–H groups in total. The Labute approximate surface area is 161 Å². The molecule has 3 heterocycles. The van der Waals surface area contributed by atoms with Crippen molar-refractivity contribution in [2.45, 2.75) is 32.4 Å². The zero-order chi connectivity index (χ0) is 18.6. The van der Waals surface area contributed by atoms with Crippen LogP contribution in [0, 0.1) is 6.92 Å². The summed E-state index contributed by atoms with van der Waals surface area (Å²) < 4.78 is 1.97. The largest absolute Gasteiger partial charge is 0.335 e. The molecule has 6 heteroatoms. The summed E-state index contributed by atoms with van der Waals surface area (Å²) in [7, 11) is 0. The summed E-state index contributed by atoms with van der Waals surface area (Å²) in [6.07, 6.45) is 4.25. The molecule has 2 aliphatic heterocycles. The fourth-order valence-corrected chi connectivity index (χ4v) is 4.05. The number of nitrogens with zero attached hydrogens (tertiary/aromatic N) is 4. The number of carbonyl (C=O) groups is 1. The number of hydrogen-bond acceptors (Lipinski definition) is 4. The van der Waals surface area contributed by atoms with Crippen molar-refractivity contribution in [1.29, 1.82) is 0 Å². The van der Waals surface area contributed by atoms with Gasteiger partial charge in [0, 0.05) is 45.5 Å². The van der Waals surface area contributed by atoms with E-state index in [1.54, 1.807) is 0 Å². The molecule has 0 aliphatic carbocycles. The van der Waals surface area contributed by atoms with Gasteiger partial charge in [0.2, 0.25) is 0 Å². The van der Waals surface area contributed by atoms with Crippen LogP contribution >= 0.6 is 0 Å². The number of hydrogen-bond donors (Lipinski definition) is 1. The monoisotopic (exact) mass is 367 g/mol. The zero-order valence-corrected chi connectivity index (χ0v) is 16.1. The van der Waals surface area contributed by atoms with Gasteiger partial charge in [-0.25, -0.2) is 0 Å². The van der Waals surface area contributed by atoms with Crippen molar-refractivity contribution in [3.05, 3.63) is 53.3 Å². The highest BCUT2D eigenvalue weighted by Crippen LogP contribution is 2.17. The zero-order valence-electron chi connectivity index (χ0n) is 16.1. The van der Waals surface area contributed by atoms with E-state index in [-0.39, 0.29) is 5.91 Å². The minimum absolute atomic E-state index is 0.0627. The minimum atomic E-state index is 0.0627. The Kier molecular flexibility index (Phi) is 5.55. The molecule has 6 nitrogen and oxygen atoms in total. The Morgan fingerprint density at radius 3 is 2.81 bits per heavy atom. The second-order valence-electron chi connectivity index (χ2n) is 7.74. The number of aromatic nitrogens is 2. The second kappa shape index (κ2) is 8.23. The van der Waals surface area contributed by atoms with Crippen molar-refractivity contribution in [3.63, 3.8) is 0 Å². The predicted octanol–water partition coefficient (Wildman–Crippen LogP) is 2.07. The quantitative estimate of drug-likeness (QED) is 0.899. The summed E-state index contributed by atoms with van der Waals surface area (Å²) in [6, 6.07) is 10.9. The highest BCUT2D eigenvalue weighted by Gasteiger charge is 2.25. The second-order valence-corrected chi connectivity index (χ2v) is 7.74. The van der Waals surface area contributed by atoms with E-state index in [0.717, 1.165) is 58.7 Å². The van der Waals surface area contributed by atoms with E-state index in [9.17, 15) is 4.79 Å². The molecule has 1 atom stereocenters. The Morgan fingerprint density at radius 2 is 2.07 bits per heavy atom. The molecule has 2 aliphatic rings. The minimum Gasteiger partial charge on any atom is -0.335 e. The highest BCUT2D eigenvalue weighted by molar-refractivity contribution is 5.92. The molecule has 0 bridgehead atoms. The molecule has 0 saturated carbocycles. The van der Waals surface area contributed by atoms with Gasteiger partial charge < -0.3 is 10.2 Å². The van der Waals surface area contributed by atoms with Crippen LogP contribution in [0.2, 0.25) is 0 Å². The van der Waals surface area contributed by atoms with Gasteiger partial charge in [-0.1, -0.05) is 29.8 Å². The molecule has 2 saturated heterocycles. The number of aryl methyl sites for hydroxylation is 1. The maximum atomic E-state index is 12.8. The van der Waals surface area contributed by atoms with E-state index in [0.29, 0.717) is 11.7 Å². The van der Waals surface area contributed by atoms with Crippen LogP contribution in [-0.4, -0.2) is 64.8 Å². The van der Waals surface area contributed by atoms with Gasteiger partial charge in [-0.3, -0.25) is 14.4 Å². The summed E-state index contributed by atoms with van der Waals surface area (Å²) in [4.78, 5) is 17.2. The van der Waals surface area contributed by atoms with E-state index in [2.05, 4.69) is 46.5 Å². The van der Waals surface area contributed by atoms with Crippen LogP contribution in [0.15, 0.2) is 36.5 Å². The number of nitrogens with one attached hydrogen (secondary N) is 1. The first-order valence-corrected chi connectivity index (χ1v) is 10.0. The average molecular weight is 367 g/mol. The number of carbonyl (C=O) groups excluding carboxylic acids is 1. The Bertz CT molecular complexity index is 772. The third kappa shape index (κ3) is 4.39. The van der Waals surface area contributed by atoms with Gasteiger partial charge >= 0.3 is 0 Å². The van der Waals surface area contributed by atoms with Crippen LogP contribution in [0.1, 0.15) is 40.5 Å². The van der Waals surface area contributed by atoms with Crippen LogP contribution in [0.25, 0.3) is 0 Å². The molecule has 1 aromatic carbocycles. The number of amides is 1. The third-order valence-electron chi connectivity index (χ3n) is 5.62. The van der Waals surface area contributed by atoms with Crippen LogP contribution in [-0.2, 0) is 6.54 Å². The summed E-state index contributed by atoms with van der Waals surface area (Å²) in [5.74, 6) is 0.0627. The topological polar surface area (TPSA) is 53.4 Å². The van der Waals surface area contributed by atoms with Gasteiger partial charge in [0.1, 0.15) is 5.69 Å². The normalized spacial score (nSPS) is 21.4. The molecular weight excluding hydrogens is 338 g/mol. The molecular formula is C21H29N5O. The molecule has 0 radical (unpaired) electrons. The molecule has 2 aromatic rings.